The van der Waals surface area contributed by atoms with Gasteiger partial charge in [0.15, 0.2) is 0 Å². The number of fused-ring (bicyclic) bond motifs is 1. The fourth-order valence-corrected chi connectivity index (χ4v) is 3.44. The van der Waals surface area contributed by atoms with Crippen LogP contribution in [0, 0.1) is 0 Å². The molecule has 2 aliphatic rings. The van der Waals surface area contributed by atoms with E-state index in [0.29, 0.717) is 12.8 Å². The number of benzene rings is 1. The average molecular weight is 344 g/mol. The van der Waals surface area contributed by atoms with Gasteiger partial charge < -0.3 is 20.9 Å². The molecule has 0 bridgehead atoms. The Morgan fingerprint density at radius 1 is 1.20 bits per heavy atom. The lowest BCUT2D eigenvalue weighted by Crippen LogP contribution is -2.44. The van der Waals surface area contributed by atoms with Crippen molar-refractivity contribution in [3.63, 3.8) is 0 Å². The molecule has 0 radical (unpaired) electrons. The molecule has 1 aromatic rings. The third kappa shape index (κ3) is 5.54. The summed E-state index contributed by atoms with van der Waals surface area (Å²) in [6.45, 7) is 6.17. The van der Waals surface area contributed by atoms with Gasteiger partial charge in [-0.25, -0.2) is 0 Å². The largest absolute Gasteiger partial charge is 0.356 e. The van der Waals surface area contributed by atoms with Crippen LogP contribution in [0.5, 0.6) is 0 Å². The van der Waals surface area contributed by atoms with Crippen molar-refractivity contribution < 1.29 is 9.59 Å². The number of anilines is 1. The summed E-state index contributed by atoms with van der Waals surface area (Å²) in [5.41, 5.74) is 3.19. The van der Waals surface area contributed by atoms with Crippen LogP contribution in [0.2, 0.25) is 0 Å². The molecule has 1 aromatic carbocycles. The predicted molar refractivity (Wildman–Crippen MR) is 98.7 cm³/mol. The normalized spacial score (nSPS) is 17.2. The van der Waals surface area contributed by atoms with Gasteiger partial charge in [-0.2, -0.15) is 0 Å². The van der Waals surface area contributed by atoms with E-state index >= 15 is 0 Å². The second-order valence-electron chi connectivity index (χ2n) is 6.87. The molecule has 1 fully saturated rings. The van der Waals surface area contributed by atoms with Crippen LogP contribution in [-0.4, -0.2) is 56.0 Å². The van der Waals surface area contributed by atoms with Crippen molar-refractivity contribution in [2.24, 2.45) is 0 Å². The number of carbonyl (C=O) groups excluding carboxylic acids is 2. The Balaban J connectivity index is 1.28. The molecular weight excluding hydrogens is 316 g/mol. The number of amides is 2. The average Bonchev–Trinajstić information content (AvgIpc) is 2.99. The molecule has 0 spiro atoms. The van der Waals surface area contributed by atoms with Gasteiger partial charge in [0, 0.05) is 44.8 Å². The molecule has 1 saturated heterocycles. The molecule has 0 aliphatic carbocycles. The quantitative estimate of drug-likeness (QED) is 0.613. The van der Waals surface area contributed by atoms with Crippen LogP contribution < -0.4 is 16.0 Å². The van der Waals surface area contributed by atoms with E-state index in [-0.39, 0.29) is 11.8 Å². The number of hydrogen-bond donors (Lipinski definition) is 3. The van der Waals surface area contributed by atoms with Gasteiger partial charge in [0.05, 0.1) is 6.42 Å². The van der Waals surface area contributed by atoms with Crippen molar-refractivity contribution in [3.8, 4) is 0 Å². The molecular formula is C19H28N4O2. The summed E-state index contributed by atoms with van der Waals surface area (Å²) in [6, 6.07) is 6.08. The second-order valence-corrected chi connectivity index (χ2v) is 6.87. The summed E-state index contributed by atoms with van der Waals surface area (Å²) in [7, 11) is 0. The van der Waals surface area contributed by atoms with Crippen molar-refractivity contribution in [1.82, 2.24) is 15.5 Å². The molecule has 3 N–H and O–H groups in total. The zero-order chi connectivity index (χ0) is 17.5. The molecule has 2 amide bonds. The third-order valence-corrected chi connectivity index (χ3v) is 4.85. The molecule has 6 nitrogen and oxygen atoms in total. The first-order valence-corrected chi connectivity index (χ1v) is 9.32. The van der Waals surface area contributed by atoms with Crippen LogP contribution in [0.4, 0.5) is 5.69 Å². The molecule has 0 saturated carbocycles. The summed E-state index contributed by atoms with van der Waals surface area (Å²) in [4.78, 5) is 25.7. The zero-order valence-corrected chi connectivity index (χ0v) is 14.8. The van der Waals surface area contributed by atoms with Crippen molar-refractivity contribution >= 4 is 17.5 Å². The van der Waals surface area contributed by atoms with Gasteiger partial charge in [-0.1, -0.05) is 12.1 Å². The van der Waals surface area contributed by atoms with E-state index in [2.05, 4.69) is 26.9 Å². The van der Waals surface area contributed by atoms with Gasteiger partial charge in [-0.3, -0.25) is 9.59 Å². The van der Waals surface area contributed by atoms with Gasteiger partial charge in [-0.05, 0) is 43.0 Å². The van der Waals surface area contributed by atoms with Crippen LogP contribution in [-0.2, 0) is 22.4 Å². The maximum absolute atomic E-state index is 11.9. The molecule has 2 heterocycles. The number of carbonyl (C=O) groups is 2. The predicted octanol–water partition coefficient (Wildman–Crippen LogP) is 0.915. The Kier molecular flexibility index (Phi) is 6.42. The first kappa shape index (κ1) is 17.9. The third-order valence-electron chi connectivity index (χ3n) is 4.85. The number of rotatable bonds is 8. The minimum absolute atomic E-state index is 0.0624. The summed E-state index contributed by atoms with van der Waals surface area (Å²) in [6.07, 6.45) is 3.75. The molecule has 2 aliphatic heterocycles. The zero-order valence-electron chi connectivity index (χ0n) is 14.8. The summed E-state index contributed by atoms with van der Waals surface area (Å²) in [5.74, 6) is 0.200. The summed E-state index contributed by atoms with van der Waals surface area (Å²) >= 11 is 0. The molecule has 3 rings (SSSR count). The maximum Gasteiger partial charge on any atom is 0.228 e. The van der Waals surface area contributed by atoms with Crippen molar-refractivity contribution in [2.45, 2.75) is 32.1 Å². The van der Waals surface area contributed by atoms with E-state index in [1.807, 2.05) is 12.1 Å². The topological polar surface area (TPSA) is 73.5 Å². The van der Waals surface area contributed by atoms with Gasteiger partial charge in [-0.15, -0.1) is 0 Å². The van der Waals surface area contributed by atoms with E-state index in [4.69, 9.17) is 0 Å². The first-order chi connectivity index (χ1) is 12.2. The highest BCUT2D eigenvalue weighted by atomic mass is 16.2. The van der Waals surface area contributed by atoms with Gasteiger partial charge in [0.2, 0.25) is 11.8 Å². The lowest BCUT2D eigenvalue weighted by molar-refractivity contribution is -0.121. The lowest BCUT2D eigenvalue weighted by atomic mass is 10.0. The Morgan fingerprint density at radius 2 is 2.04 bits per heavy atom. The maximum atomic E-state index is 11.9. The van der Waals surface area contributed by atoms with Gasteiger partial charge in [0.1, 0.15) is 0 Å². The monoisotopic (exact) mass is 344 g/mol. The van der Waals surface area contributed by atoms with E-state index in [9.17, 15) is 9.59 Å². The Hall–Kier alpha value is -1.92. The standard InChI is InChI=1S/C19H28N4O2/c24-18(21-7-2-10-23-11-8-20-9-12-23)4-1-3-15-5-6-17-16(13-15)14-19(25)22-17/h5-6,13,20H,1-4,7-12,14H2,(H,21,24)(H,22,25). The second kappa shape index (κ2) is 8.97. The Labute approximate surface area is 149 Å². The van der Waals surface area contributed by atoms with Crippen LogP contribution in [0.25, 0.3) is 0 Å². The SMILES string of the molecule is O=C(CCCc1ccc2c(c1)CC(=O)N2)NCCCN1CCNCC1. The van der Waals surface area contributed by atoms with Crippen LogP contribution in [0.3, 0.4) is 0 Å². The lowest BCUT2D eigenvalue weighted by Gasteiger charge is -2.27. The fourth-order valence-electron chi connectivity index (χ4n) is 3.44. The highest BCUT2D eigenvalue weighted by molar-refractivity contribution is 5.99. The minimum Gasteiger partial charge on any atom is -0.356 e. The van der Waals surface area contributed by atoms with E-state index in [1.165, 1.54) is 5.56 Å². The fraction of sp³-hybridized carbons (Fsp3) is 0.579. The minimum atomic E-state index is 0.0624. The van der Waals surface area contributed by atoms with Crippen molar-refractivity contribution in [3.05, 3.63) is 29.3 Å². The number of nitrogens with one attached hydrogen (secondary N) is 3. The van der Waals surface area contributed by atoms with Crippen molar-refractivity contribution in [1.29, 1.82) is 0 Å². The number of hydrogen-bond acceptors (Lipinski definition) is 4. The molecule has 0 unspecified atom stereocenters. The highest BCUT2D eigenvalue weighted by Gasteiger charge is 2.17. The Morgan fingerprint density at radius 3 is 2.88 bits per heavy atom. The molecule has 0 aromatic heterocycles. The number of nitrogens with zero attached hydrogens (tertiary/aromatic N) is 1. The first-order valence-electron chi connectivity index (χ1n) is 9.32. The molecule has 25 heavy (non-hydrogen) atoms. The van der Waals surface area contributed by atoms with Gasteiger partial charge in [0.25, 0.3) is 0 Å². The Bertz CT molecular complexity index is 611. The van der Waals surface area contributed by atoms with E-state index < -0.39 is 0 Å². The van der Waals surface area contributed by atoms with E-state index in [0.717, 1.165) is 69.8 Å². The highest BCUT2D eigenvalue weighted by Crippen LogP contribution is 2.24. The number of aryl methyl sites for hydroxylation is 1. The summed E-state index contributed by atoms with van der Waals surface area (Å²) < 4.78 is 0. The number of piperazine rings is 1. The summed E-state index contributed by atoms with van der Waals surface area (Å²) in [5, 5.41) is 9.21. The van der Waals surface area contributed by atoms with E-state index in [1.54, 1.807) is 0 Å². The van der Waals surface area contributed by atoms with Crippen LogP contribution >= 0.6 is 0 Å². The van der Waals surface area contributed by atoms with Crippen molar-refractivity contribution in [2.75, 3.05) is 44.6 Å². The smallest absolute Gasteiger partial charge is 0.228 e. The molecule has 0 atom stereocenters. The molecule has 6 heteroatoms. The molecule has 136 valence electrons. The van der Waals surface area contributed by atoms with Crippen LogP contribution in [0.15, 0.2) is 18.2 Å². The van der Waals surface area contributed by atoms with Crippen LogP contribution in [0.1, 0.15) is 30.4 Å². The van der Waals surface area contributed by atoms with Gasteiger partial charge >= 0.3 is 0 Å².